The molecule has 3 amide bonds. The summed E-state index contributed by atoms with van der Waals surface area (Å²) in [4.78, 5) is 35.6. The van der Waals surface area contributed by atoms with Gasteiger partial charge in [-0.3, -0.25) is 9.69 Å². The number of aliphatic imine (C=N–C) groups is 1. The molecule has 2 heterocycles. The number of methoxy groups -OCH3 is 1. The van der Waals surface area contributed by atoms with Gasteiger partial charge in [0.25, 0.3) is 0 Å². The zero-order chi connectivity index (χ0) is 33.0. The Morgan fingerprint density at radius 3 is 2.41 bits per heavy atom. The lowest BCUT2D eigenvalue weighted by molar-refractivity contribution is -0.274. The lowest BCUT2D eigenvalue weighted by Gasteiger charge is -2.22. The lowest BCUT2D eigenvalue weighted by atomic mass is 10.00. The Morgan fingerprint density at radius 2 is 1.76 bits per heavy atom. The molecule has 0 spiro atoms. The number of hydrogen-bond donors (Lipinski definition) is 1. The molecule has 1 saturated heterocycles. The van der Waals surface area contributed by atoms with Gasteiger partial charge in [-0.2, -0.15) is 4.99 Å². The number of allylic oxidation sites excluding steroid dienone is 1. The van der Waals surface area contributed by atoms with Gasteiger partial charge < -0.3 is 14.8 Å². The molecule has 5 rings (SSSR count). The molecule has 46 heavy (non-hydrogen) atoms. The van der Waals surface area contributed by atoms with E-state index in [2.05, 4.69) is 25.1 Å². The Morgan fingerprint density at radius 1 is 1.07 bits per heavy atom. The second kappa shape index (κ2) is 13.5. The van der Waals surface area contributed by atoms with Crippen LogP contribution in [-0.4, -0.2) is 51.1 Å². The Bertz CT molecular complexity index is 1800. The van der Waals surface area contributed by atoms with Crippen molar-refractivity contribution in [1.29, 1.82) is 0 Å². The van der Waals surface area contributed by atoms with Crippen LogP contribution in [-0.2, 0) is 4.79 Å². The minimum absolute atomic E-state index is 0.101. The molecule has 0 radical (unpaired) electrons. The molecule has 1 aliphatic heterocycles. The molecule has 1 fully saturated rings. The molecule has 0 atom stereocenters. The van der Waals surface area contributed by atoms with Crippen LogP contribution in [0, 0.1) is 0 Å². The number of urea groups is 1. The summed E-state index contributed by atoms with van der Waals surface area (Å²) in [6.07, 6.45) is -1.54. The Labute approximate surface area is 266 Å². The fourth-order valence-electron chi connectivity index (χ4n) is 4.63. The number of benzene rings is 3. The minimum atomic E-state index is -4.77. The number of rotatable bonds is 8. The summed E-state index contributed by atoms with van der Waals surface area (Å²) in [5.74, 6) is 0.871. The molecule has 10 nitrogen and oxygen atoms in total. The normalized spacial score (nSPS) is 14.7. The number of alkyl halides is 3. The first-order valence-corrected chi connectivity index (χ1v) is 15.0. The number of nitrogens with zero attached hydrogens (tertiary/aromatic N) is 5. The largest absolute Gasteiger partial charge is 0.573 e. The molecule has 0 bridgehead atoms. The predicted molar refractivity (Wildman–Crippen MR) is 170 cm³/mol. The van der Waals surface area contributed by atoms with Crippen molar-refractivity contribution >= 4 is 40.6 Å². The van der Waals surface area contributed by atoms with E-state index in [1.165, 1.54) is 51.9 Å². The topological polar surface area (TPSA) is 111 Å². The van der Waals surface area contributed by atoms with E-state index in [1.54, 1.807) is 44.4 Å². The Balaban J connectivity index is 1.25. The Kier molecular flexibility index (Phi) is 9.46. The molecule has 1 N–H and O–H groups in total. The number of thioether (sulfide) groups is 1. The van der Waals surface area contributed by atoms with Gasteiger partial charge in [-0.25, -0.2) is 14.5 Å². The first kappa shape index (κ1) is 32.3. The zero-order valence-corrected chi connectivity index (χ0v) is 26.0. The number of carbonyl (C=O) groups is 2. The highest BCUT2D eigenvalue weighted by Crippen LogP contribution is 2.35. The molecule has 14 heteroatoms. The van der Waals surface area contributed by atoms with E-state index in [4.69, 9.17) is 4.74 Å². The van der Waals surface area contributed by atoms with Gasteiger partial charge in [0.2, 0.25) is 5.91 Å². The maximum atomic E-state index is 12.9. The van der Waals surface area contributed by atoms with Crippen molar-refractivity contribution in [2.45, 2.75) is 33.1 Å². The lowest BCUT2D eigenvalue weighted by Crippen LogP contribution is -2.32. The van der Waals surface area contributed by atoms with Crippen molar-refractivity contribution in [1.82, 2.24) is 20.1 Å². The van der Waals surface area contributed by atoms with Gasteiger partial charge in [0.1, 0.15) is 17.8 Å². The number of halogens is 3. The van der Waals surface area contributed by atoms with Crippen molar-refractivity contribution in [2.24, 2.45) is 4.99 Å². The third-order valence-electron chi connectivity index (χ3n) is 6.74. The van der Waals surface area contributed by atoms with Crippen molar-refractivity contribution in [3.05, 3.63) is 89.9 Å². The summed E-state index contributed by atoms with van der Waals surface area (Å²) >= 11 is 1.20. The van der Waals surface area contributed by atoms with Gasteiger partial charge in [0, 0.05) is 11.3 Å². The maximum Gasteiger partial charge on any atom is 0.573 e. The molecule has 3 aromatic carbocycles. The van der Waals surface area contributed by atoms with E-state index in [-0.39, 0.29) is 23.3 Å². The van der Waals surface area contributed by atoms with Crippen LogP contribution in [0.1, 0.15) is 37.8 Å². The average Bonchev–Trinajstić information content (AvgIpc) is 3.63. The highest BCUT2D eigenvalue weighted by Gasteiger charge is 2.33. The number of carbonyl (C=O) groups excluding carboxylic acids is 2. The second-order valence-electron chi connectivity index (χ2n) is 10.4. The highest BCUT2D eigenvalue weighted by molar-refractivity contribution is 8.15. The summed E-state index contributed by atoms with van der Waals surface area (Å²) in [5.41, 5.74) is 4.12. The van der Waals surface area contributed by atoms with Gasteiger partial charge in [-0.1, -0.05) is 49.9 Å². The number of amides is 3. The summed E-state index contributed by atoms with van der Waals surface area (Å²) in [7, 11) is 1.58. The third kappa shape index (κ3) is 7.75. The van der Waals surface area contributed by atoms with Crippen LogP contribution in [0.4, 0.5) is 23.7 Å². The molecule has 1 aliphatic rings. The van der Waals surface area contributed by atoms with E-state index in [1.807, 2.05) is 32.0 Å². The number of amidine groups is 1. The highest BCUT2D eigenvalue weighted by atomic mass is 32.2. The van der Waals surface area contributed by atoms with Crippen LogP contribution in [0.15, 0.2) is 83.7 Å². The summed E-state index contributed by atoms with van der Waals surface area (Å²) in [5, 5.41) is 7.45. The molecule has 4 aromatic rings. The predicted octanol–water partition coefficient (Wildman–Crippen LogP) is 7.17. The number of ether oxygens (including phenoxy) is 2. The third-order valence-corrected chi connectivity index (χ3v) is 7.67. The summed E-state index contributed by atoms with van der Waals surface area (Å²) < 4.78 is 48.0. The van der Waals surface area contributed by atoms with Crippen molar-refractivity contribution in [3.63, 3.8) is 0 Å². The van der Waals surface area contributed by atoms with Gasteiger partial charge in [0.15, 0.2) is 11.0 Å². The number of nitrogens with one attached hydrogen (secondary N) is 1. The minimum Gasteiger partial charge on any atom is -0.497 e. The van der Waals surface area contributed by atoms with Crippen LogP contribution in [0.2, 0.25) is 0 Å². The molecular formula is C32H29F3N6O4S. The van der Waals surface area contributed by atoms with Crippen LogP contribution in [0.3, 0.4) is 0 Å². The van der Waals surface area contributed by atoms with Gasteiger partial charge >= 0.3 is 12.4 Å². The SMILES string of the molecule is COc1ccc(N2C(=O)CSC2=NC(=O)N/C(C)=C/c2ccc(-c3ncn(-c4ccc(OC(F)(F)F)cc4)n3)cc2)c(C(C)C)c1. The summed E-state index contributed by atoms with van der Waals surface area (Å²) in [6, 6.07) is 17.4. The molecular weight excluding hydrogens is 621 g/mol. The van der Waals surface area contributed by atoms with Crippen LogP contribution in [0.5, 0.6) is 11.5 Å². The smallest absolute Gasteiger partial charge is 0.497 e. The van der Waals surface area contributed by atoms with E-state index < -0.39 is 12.4 Å². The monoisotopic (exact) mass is 650 g/mol. The first-order valence-electron chi connectivity index (χ1n) is 14.0. The van der Waals surface area contributed by atoms with Crippen LogP contribution < -0.4 is 19.7 Å². The average molecular weight is 651 g/mol. The van der Waals surface area contributed by atoms with E-state index >= 15 is 0 Å². The molecule has 1 aromatic heterocycles. The van der Waals surface area contributed by atoms with Gasteiger partial charge in [-0.15, -0.1) is 18.3 Å². The summed E-state index contributed by atoms with van der Waals surface area (Å²) in [6.45, 7) is 5.76. The first-order chi connectivity index (χ1) is 21.9. The molecule has 0 saturated carbocycles. The van der Waals surface area contributed by atoms with Crippen molar-refractivity contribution in [3.8, 4) is 28.6 Å². The van der Waals surface area contributed by atoms with Crippen molar-refractivity contribution in [2.75, 3.05) is 17.8 Å². The maximum absolute atomic E-state index is 12.9. The molecule has 0 unspecified atom stereocenters. The fraction of sp³-hybridized carbons (Fsp3) is 0.219. The Hall–Kier alpha value is -5.11. The number of aromatic nitrogens is 3. The van der Waals surface area contributed by atoms with Crippen LogP contribution >= 0.6 is 11.8 Å². The van der Waals surface area contributed by atoms with E-state index in [9.17, 15) is 22.8 Å². The fourth-order valence-corrected chi connectivity index (χ4v) is 5.48. The van der Waals surface area contributed by atoms with Crippen molar-refractivity contribution < 1.29 is 32.2 Å². The molecule has 238 valence electrons. The second-order valence-corrected chi connectivity index (χ2v) is 11.4. The van der Waals surface area contributed by atoms with Gasteiger partial charge in [0.05, 0.1) is 24.2 Å². The van der Waals surface area contributed by atoms with E-state index in [0.717, 1.165) is 11.1 Å². The standard InChI is InChI=1S/C32H29F3N6O4S/c1-19(2)26-16-25(44-4)13-14-27(26)41-28(42)17-46-31(41)38-30(43)37-20(3)15-21-5-7-22(8-6-21)29-36-18-40(39-29)23-9-11-24(12-10-23)45-32(33,34)35/h5-16,18-19H,17H2,1-4H3,(H,37,43)/b20-15+,38-31?. The van der Waals surface area contributed by atoms with Crippen LogP contribution in [0.25, 0.3) is 23.2 Å². The number of hydrogen-bond acceptors (Lipinski definition) is 7. The van der Waals surface area contributed by atoms with Gasteiger partial charge in [-0.05, 0) is 72.5 Å². The quantitative estimate of drug-likeness (QED) is 0.215. The zero-order valence-electron chi connectivity index (χ0n) is 25.2. The molecule has 0 aliphatic carbocycles. The van der Waals surface area contributed by atoms with E-state index in [0.29, 0.717) is 39.4 Å². The number of anilines is 1.